The van der Waals surface area contributed by atoms with Gasteiger partial charge in [0.25, 0.3) is 5.91 Å². The summed E-state index contributed by atoms with van der Waals surface area (Å²) in [6, 6.07) is 18.9. The summed E-state index contributed by atoms with van der Waals surface area (Å²) >= 11 is 0. The van der Waals surface area contributed by atoms with E-state index in [9.17, 15) is 9.18 Å². The summed E-state index contributed by atoms with van der Waals surface area (Å²) in [4.78, 5) is 12.0. The number of rotatable bonds is 6. The second-order valence-corrected chi connectivity index (χ2v) is 5.99. The van der Waals surface area contributed by atoms with Crippen LogP contribution in [0.15, 0.2) is 66.7 Å². The highest BCUT2D eigenvalue weighted by Gasteiger charge is 2.10. The minimum absolute atomic E-state index is 0.151. The molecule has 4 rings (SSSR count). The topological polar surface area (TPSA) is 81.4 Å². The smallest absolute Gasteiger partial charge is 0.258 e. The summed E-state index contributed by atoms with van der Waals surface area (Å²) in [6.07, 6.45) is 0. The summed E-state index contributed by atoms with van der Waals surface area (Å²) in [6.45, 7) is -0.0386. The number of nitrogens with one attached hydrogen (secondary N) is 1. The number of carbonyl (C=O) groups is 1. The number of fused-ring (bicyclic) bond motifs is 1. The van der Waals surface area contributed by atoms with Crippen molar-refractivity contribution in [2.75, 3.05) is 6.61 Å². The minimum atomic E-state index is -0.363. The molecule has 2 aromatic carbocycles. The van der Waals surface area contributed by atoms with Crippen molar-refractivity contribution in [1.29, 1.82) is 0 Å². The SMILES string of the molecule is O=C(COc1ccc(F)cc1)NCc1nnc2ccc(-c3ccccc3)nn12. The molecule has 0 atom stereocenters. The molecule has 0 saturated heterocycles. The number of halogens is 1. The van der Waals surface area contributed by atoms with E-state index >= 15 is 0 Å². The van der Waals surface area contributed by atoms with Crippen LogP contribution in [0.2, 0.25) is 0 Å². The predicted octanol–water partition coefficient (Wildman–Crippen LogP) is 2.63. The number of hydrogen-bond donors (Lipinski definition) is 1. The molecule has 28 heavy (non-hydrogen) atoms. The highest BCUT2D eigenvalue weighted by Crippen LogP contribution is 2.16. The van der Waals surface area contributed by atoms with E-state index in [-0.39, 0.29) is 24.9 Å². The molecule has 2 heterocycles. The Morgan fingerprint density at radius 2 is 1.79 bits per heavy atom. The third-order valence-corrected chi connectivity index (χ3v) is 4.02. The molecule has 0 aliphatic carbocycles. The van der Waals surface area contributed by atoms with E-state index in [4.69, 9.17) is 4.74 Å². The maximum atomic E-state index is 12.9. The third kappa shape index (κ3) is 3.96. The molecule has 8 heteroatoms. The van der Waals surface area contributed by atoms with Crippen LogP contribution in [0, 0.1) is 5.82 Å². The molecule has 2 aromatic heterocycles. The Balaban J connectivity index is 1.41. The van der Waals surface area contributed by atoms with Gasteiger partial charge in [0.05, 0.1) is 12.2 Å². The van der Waals surface area contributed by atoms with Gasteiger partial charge in [-0.2, -0.15) is 9.61 Å². The number of hydrogen-bond acceptors (Lipinski definition) is 5. The maximum Gasteiger partial charge on any atom is 0.258 e. The zero-order chi connectivity index (χ0) is 19.3. The fraction of sp³-hybridized carbons (Fsp3) is 0.100. The molecular weight excluding hydrogens is 361 g/mol. The first-order valence-corrected chi connectivity index (χ1v) is 8.61. The molecule has 0 saturated carbocycles. The molecule has 7 nitrogen and oxygen atoms in total. The van der Waals surface area contributed by atoms with Crippen molar-refractivity contribution in [3.05, 3.63) is 78.4 Å². The summed E-state index contributed by atoms with van der Waals surface area (Å²) in [5.41, 5.74) is 2.34. The lowest BCUT2D eigenvalue weighted by Crippen LogP contribution is -2.29. The molecule has 0 bridgehead atoms. The Morgan fingerprint density at radius 1 is 1.00 bits per heavy atom. The van der Waals surface area contributed by atoms with Gasteiger partial charge in [0, 0.05) is 5.56 Å². The largest absolute Gasteiger partial charge is 0.484 e. The molecule has 4 aromatic rings. The molecule has 1 amide bonds. The Morgan fingerprint density at radius 3 is 2.57 bits per heavy atom. The summed E-state index contributed by atoms with van der Waals surface area (Å²) < 4.78 is 19.8. The Labute approximate surface area is 159 Å². The summed E-state index contributed by atoms with van der Waals surface area (Å²) in [5, 5.41) is 15.4. The van der Waals surface area contributed by atoms with Crippen molar-refractivity contribution in [3.8, 4) is 17.0 Å². The van der Waals surface area contributed by atoms with Gasteiger partial charge < -0.3 is 10.1 Å². The number of aromatic nitrogens is 4. The van der Waals surface area contributed by atoms with Crippen molar-refractivity contribution < 1.29 is 13.9 Å². The zero-order valence-electron chi connectivity index (χ0n) is 14.7. The first-order valence-electron chi connectivity index (χ1n) is 8.61. The lowest BCUT2D eigenvalue weighted by molar-refractivity contribution is -0.123. The quantitative estimate of drug-likeness (QED) is 0.559. The van der Waals surface area contributed by atoms with E-state index in [1.54, 1.807) is 4.52 Å². The molecular formula is C20H16FN5O2. The van der Waals surface area contributed by atoms with Gasteiger partial charge in [0.1, 0.15) is 11.6 Å². The Bertz CT molecular complexity index is 1100. The standard InChI is InChI=1S/C20H16FN5O2/c21-15-6-8-16(9-7-15)28-13-20(27)22-12-19-24-23-18-11-10-17(25-26(18)19)14-4-2-1-3-5-14/h1-11H,12-13H2,(H,22,27). The molecule has 0 radical (unpaired) electrons. The van der Waals surface area contributed by atoms with Crippen molar-refractivity contribution in [2.24, 2.45) is 0 Å². The van der Waals surface area contributed by atoms with Gasteiger partial charge in [-0.25, -0.2) is 4.39 Å². The van der Waals surface area contributed by atoms with Crippen LogP contribution in [0.3, 0.4) is 0 Å². The van der Waals surface area contributed by atoms with Crippen LogP contribution < -0.4 is 10.1 Å². The molecule has 0 spiro atoms. The van der Waals surface area contributed by atoms with E-state index in [0.717, 1.165) is 11.3 Å². The summed E-state index contributed by atoms with van der Waals surface area (Å²) in [7, 11) is 0. The van der Waals surface area contributed by atoms with E-state index < -0.39 is 0 Å². The van der Waals surface area contributed by atoms with Gasteiger partial charge in [-0.15, -0.1) is 10.2 Å². The molecule has 0 aliphatic rings. The van der Waals surface area contributed by atoms with Gasteiger partial charge in [0.15, 0.2) is 18.1 Å². The lowest BCUT2D eigenvalue weighted by atomic mass is 10.1. The van der Waals surface area contributed by atoms with E-state index in [1.165, 1.54) is 24.3 Å². The van der Waals surface area contributed by atoms with Gasteiger partial charge in [-0.3, -0.25) is 4.79 Å². The molecule has 140 valence electrons. The number of benzene rings is 2. The Hall–Kier alpha value is -3.81. The normalized spacial score (nSPS) is 10.8. The third-order valence-electron chi connectivity index (χ3n) is 4.02. The first-order chi connectivity index (χ1) is 13.7. The van der Waals surface area contributed by atoms with Crippen molar-refractivity contribution in [2.45, 2.75) is 6.54 Å². The second kappa shape index (κ2) is 7.83. The average Bonchev–Trinajstić information content (AvgIpc) is 3.15. The zero-order valence-corrected chi connectivity index (χ0v) is 14.7. The van der Waals surface area contributed by atoms with Gasteiger partial charge in [-0.1, -0.05) is 30.3 Å². The van der Waals surface area contributed by atoms with Gasteiger partial charge >= 0.3 is 0 Å². The van der Waals surface area contributed by atoms with Gasteiger partial charge in [-0.05, 0) is 36.4 Å². The maximum absolute atomic E-state index is 12.9. The molecule has 0 unspecified atom stereocenters. The van der Waals surface area contributed by atoms with Gasteiger partial charge in [0.2, 0.25) is 0 Å². The average molecular weight is 377 g/mol. The van der Waals surface area contributed by atoms with E-state index in [0.29, 0.717) is 17.2 Å². The monoisotopic (exact) mass is 377 g/mol. The van der Waals surface area contributed by atoms with Crippen molar-refractivity contribution >= 4 is 11.6 Å². The number of carbonyl (C=O) groups excluding carboxylic acids is 1. The highest BCUT2D eigenvalue weighted by atomic mass is 19.1. The van der Waals surface area contributed by atoms with E-state index in [2.05, 4.69) is 20.6 Å². The fourth-order valence-electron chi connectivity index (χ4n) is 2.61. The van der Waals surface area contributed by atoms with Crippen molar-refractivity contribution in [3.63, 3.8) is 0 Å². The predicted molar refractivity (Wildman–Crippen MR) is 100.0 cm³/mol. The molecule has 1 N–H and O–H groups in total. The van der Waals surface area contributed by atoms with Crippen LogP contribution in [0.1, 0.15) is 5.82 Å². The Kier molecular flexibility index (Phi) is 4.92. The lowest BCUT2D eigenvalue weighted by Gasteiger charge is -2.07. The van der Waals surface area contributed by atoms with Crippen LogP contribution in [-0.4, -0.2) is 32.3 Å². The van der Waals surface area contributed by atoms with Crippen molar-refractivity contribution in [1.82, 2.24) is 25.1 Å². The first kappa shape index (κ1) is 17.6. The second-order valence-electron chi connectivity index (χ2n) is 5.99. The van der Waals surface area contributed by atoms with Crippen LogP contribution in [0.25, 0.3) is 16.9 Å². The molecule has 0 aliphatic heterocycles. The van der Waals surface area contributed by atoms with Crippen LogP contribution in [-0.2, 0) is 11.3 Å². The van der Waals surface area contributed by atoms with E-state index in [1.807, 2.05) is 42.5 Å². The van der Waals surface area contributed by atoms with Crippen LogP contribution in [0.5, 0.6) is 5.75 Å². The fourth-order valence-corrected chi connectivity index (χ4v) is 2.61. The van der Waals surface area contributed by atoms with Crippen LogP contribution >= 0.6 is 0 Å². The highest BCUT2D eigenvalue weighted by molar-refractivity contribution is 5.77. The molecule has 0 fully saturated rings. The number of nitrogens with zero attached hydrogens (tertiary/aromatic N) is 4. The minimum Gasteiger partial charge on any atom is -0.484 e. The van der Waals surface area contributed by atoms with Crippen LogP contribution in [0.4, 0.5) is 4.39 Å². The number of amides is 1. The summed E-state index contributed by atoms with van der Waals surface area (Å²) in [5.74, 6) is 0.222. The number of ether oxygens (including phenoxy) is 1.